The smallest absolute Gasteiger partial charge is 0.118 e. The summed E-state index contributed by atoms with van der Waals surface area (Å²) in [6, 6.07) is 19.3. The number of rotatable bonds is 6. The lowest BCUT2D eigenvalue weighted by molar-refractivity contribution is -0.0808. The molecule has 1 saturated heterocycles. The molecule has 0 amide bonds. The van der Waals surface area contributed by atoms with Crippen LogP contribution in [-0.4, -0.2) is 41.8 Å². The third-order valence-corrected chi connectivity index (χ3v) is 6.07. The molecule has 1 N–H and O–H groups in total. The van der Waals surface area contributed by atoms with E-state index in [0.717, 1.165) is 38.1 Å². The average molecular weight is 354 g/mol. The van der Waals surface area contributed by atoms with Crippen molar-refractivity contribution in [2.45, 2.75) is 44.8 Å². The Hall–Kier alpha value is -1.84. The number of nitrogens with zero attached hydrogens (tertiary/aromatic N) is 1. The molecule has 1 fully saturated rings. The van der Waals surface area contributed by atoms with Crippen LogP contribution in [0.15, 0.2) is 54.6 Å². The van der Waals surface area contributed by atoms with Crippen LogP contribution >= 0.6 is 0 Å². The van der Waals surface area contributed by atoms with Crippen molar-refractivity contribution in [1.82, 2.24) is 4.90 Å². The van der Waals surface area contributed by atoms with Crippen molar-refractivity contribution in [1.29, 1.82) is 0 Å². The van der Waals surface area contributed by atoms with E-state index in [4.69, 9.17) is 4.74 Å². The fraction of sp³-hybridized carbons (Fsp3) is 0.478. The van der Waals surface area contributed by atoms with Gasteiger partial charge in [-0.2, -0.15) is 0 Å². The number of methoxy groups -OCH3 is 1. The molecule has 26 heavy (non-hydrogen) atoms. The Balaban J connectivity index is 1.72. The molecule has 3 heteroatoms. The highest BCUT2D eigenvalue weighted by Crippen LogP contribution is 2.34. The van der Waals surface area contributed by atoms with Gasteiger partial charge in [0.1, 0.15) is 5.75 Å². The molecular weight excluding hydrogens is 322 g/mol. The summed E-state index contributed by atoms with van der Waals surface area (Å²) in [5.74, 6) is 1.12. The van der Waals surface area contributed by atoms with E-state index in [1.165, 1.54) is 11.1 Å². The van der Waals surface area contributed by atoms with Gasteiger partial charge in [-0.25, -0.2) is 0 Å². The predicted molar refractivity (Wildman–Crippen MR) is 107 cm³/mol. The van der Waals surface area contributed by atoms with Crippen molar-refractivity contribution in [2.24, 2.45) is 5.92 Å². The van der Waals surface area contributed by atoms with Gasteiger partial charge in [-0.1, -0.05) is 49.4 Å². The van der Waals surface area contributed by atoms with Crippen molar-refractivity contribution in [3.63, 3.8) is 0 Å². The Morgan fingerprint density at radius 1 is 1.08 bits per heavy atom. The third kappa shape index (κ3) is 4.46. The maximum absolute atomic E-state index is 10.8. The highest BCUT2D eigenvalue weighted by molar-refractivity contribution is 5.28. The lowest BCUT2D eigenvalue weighted by Gasteiger charge is -2.48. The number of hydrogen-bond donors (Lipinski definition) is 1. The summed E-state index contributed by atoms with van der Waals surface area (Å²) in [4.78, 5) is 2.57. The van der Waals surface area contributed by atoms with Crippen LogP contribution in [0.2, 0.25) is 0 Å². The monoisotopic (exact) mass is 353 g/mol. The molecule has 0 bridgehead atoms. The van der Waals surface area contributed by atoms with E-state index in [1.54, 1.807) is 7.11 Å². The quantitative estimate of drug-likeness (QED) is 0.854. The molecule has 1 aliphatic heterocycles. The molecule has 3 rings (SSSR count). The van der Waals surface area contributed by atoms with Crippen LogP contribution in [0.5, 0.6) is 5.75 Å². The van der Waals surface area contributed by atoms with Gasteiger partial charge in [-0.15, -0.1) is 0 Å². The van der Waals surface area contributed by atoms with Crippen LogP contribution in [0.4, 0.5) is 0 Å². The normalized spacial score (nSPS) is 26.6. The summed E-state index contributed by atoms with van der Waals surface area (Å²) in [5, 5.41) is 10.8. The van der Waals surface area contributed by atoms with Crippen LogP contribution in [0.3, 0.4) is 0 Å². The molecule has 0 radical (unpaired) electrons. The van der Waals surface area contributed by atoms with E-state index in [-0.39, 0.29) is 5.92 Å². The van der Waals surface area contributed by atoms with Crippen molar-refractivity contribution < 1.29 is 9.84 Å². The maximum Gasteiger partial charge on any atom is 0.118 e. The van der Waals surface area contributed by atoms with Gasteiger partial charge in [0.25, 0.3) is 0 Å². The highest BCUT2D eigenvalue weighted by atomic mass is 16.5. The fourth-order valence-electron chi connectivity index (χ4n) is 4.00. The average Bonchev–Trinajstić information content (AvgIpc) is 2.66. The second-order valence-electron chi connectivity index (χ2n) is 7.79. The minimum absolute atomic E-state index is 0.231. The van der Waals surface area contributed by atoms with E-state index in [9.17, 15) is 5.11 Å². The first-order chi connectivity index (χ1) is 12.5. The minimum atomic E-state index is -0.597. The topological polar surface area (TPSA) is 32.7 Å². The van der Waals surface area contributed by atoms with Crippen molar-refractivity contribution in [3.8, 4) is 5.75 Å². The Morgan fingerprint density at radius 3 is 2.42 bits per heavy atom. The van der Waals surface area contributed by atoms with Gasteiger partial charge in [0.2, 0.25) is 0 Å². The first-order valence-electron chi connectivity index (χ1n) is 9.63. The van der Waals surface area contributed by atoms with Gasteiger partial charge < -0.3 is 9.84 Å². The first kappa shape index (κ1) is 18.9. The van der Waals surface area contributed by atoms with Crippen molar-refractivity contribution in [3.05, 3.63) is 65.7 Å². The standard InChI is InChI=1S/C23H31NO2/c1-18-22(17-20-9-11-21(26-3)12-10-20)24(16-14-23(18,2)25)15-13-19-7-5-4-6-8-19/h4-12,18,22,25H,13-17H2,1-3H3. The molecule has 1 heterocycles. The largest absolute Gasteiger partial charge is 0.497 e. The number of ether oxygens (including phenoxy) is 1. The zero-order chi connectivity index (χ0) is 18.6. The molecule has 3 nitrogen and oxygen atoms in total. The first-order valence-corrected chi connectivity index (χ1v) is 9.63. The fourth-order valence-corrected chi connectivity index (χ4v) is 4.00. The second-order valence-corrected chi connectivity index (χ2v) is 7.79. The van der Waals surface area contributed by atoms with Crippen LogP contribution in [0.1, 0.15) is 31.4 Å². The summed E-state index contributed by atoms with van der Waals surface area (Å²) in [6.07, 6.45) is 2.84. The molecule has 0 spiro atoms. The molecule has 3 unspecified atom stereocenters. The van der Waals surface area contributed by atoms with Crippen LogP contribution in [-0.2, 0) is 12.8 Å². The third-order valence-electron chi connectivity index (χ3n) is 6.07. The minimum Gasteiger partial charge on any atom is -0.497 e. The lowest BCUT2D eigenvalue weighted by atomic mass is 9.76. The van der Waals surface area contributed by atoms with Gasteiger partial charge in [-0.05, 0) is 49.4 Å². The van der Waals surface area contributed by atoms with E-state index in [0.29, 0.717) is 6.04 Å². The predicted octanol–water partition coefficient (Wildman–Crippen LogP) is 3.94. The summed E-state index contributed by atoms with van der Waals surface area (Å²) < 4.78 is 5.27. The molecule has 3 atom stereocenters. The number of piperidine rings is 1. The number of aliphatic hydroxyl groups is 1. The second kappa shape index (κ2) is 8.24. The van der Waals surface area contributed by atoms with E-state index in [2.05, 4.69) is 54.3 Å². The maximum atomic E-state index is 10.8. The SMILES string of the molecule is COc1ccc(CC2C(C)C(C)(O)CCN2CCc2ccccc2)cc1. The van der Waals surface area contributed by atoms with E-state index in [1.807, 2.05) is 19.1 Å². The van der Waals surface area contributed by atoms with E-state index >= 15 is 0 Å². The lowest BCUT2D eigenvalue weighted by Crippen LogP contribution is -2.56. The molecule has 2 aromatic carbocycles. The Morgan fingerprint density at radius 2 is 1.77 bits per heavy atom. The summed E-state index contributed by atoms with van der Waals surface area (Å²) in [6.45, 7) is 6.17. The highest BCUT2D eigenvalue weighted by Gasteiger charge is 2.41. The molecule has 0 aromatic heterocycles. The zero-order valence-electron chi connectivity index (χ0n) is 16.2. The molecule has 2 aromatic rings. The Kier molecular flexibility index (Phi) is 6.00. The van der Waals surface area contributed by atoms with Crippen molar-refractivity contribution in [2.75, 3.05) is 20.2 Å². The Labute approximate surface area is 157 Å². The van der Waals surface area contributed by atoms with Gasteiger partial charge in [-0.3, -0.25) is 4.90 Å². The van der Waals surface area contributed by atoms with Crippen molar-refractivity contribution >= 4 is 0 Å². The molecular formula is C23H31NO2. The van der Waals surface area contributed by atoms with Crippen LogP contribution in [0, 0.1) is 5.92 Å². The summed E-state index contributed by atoms with van der Waals surface area (Å²) in [7, 11) is 1.70. The number of hydrogen-bond acceptors (Lipinski definition) is 3. The number of likely N-dealkylation sites (tertiary alicyclic amines) is 1. The van der Waals surface area contributed by atoms with E-state index < -0.39 is 5.60 Å². The molecule has 0 aliphatic carbocycles. The van der Waals surface area contributed by atoms with Gasteiger partial charge in [0.05, 0.1) is 12.7 Å². The summed E-state index contributed by atoms with van der Waals surface area (Å²) in [5.41, 5.74) is 2.08. The number of benzene rings is 2. The summed E-state index contributed by atoms with van der Waals surface area (Å²) >= 11 is 0. The Bertz CT molecular complexity index is 681. The zero-order valence-corrected chi connectivity index (χ0v) is 16.2. The van der Waals surface area contributed by atoms with Gasteiger partial charge in [0, 0.05) is 25.0 Å². The van der Waals surface area contributed by atoms with Crippen LogP contribution in [0.25, 0.3) is 0 Å². The molecule has 0 saturated carbocycles. The molecule has 1 aliphatic rings. The van der Waals surface area contributed by atoms with Gasteiger partial charge >= 0.3 is 0 Å². The van der Waals surface area contributed by atoms with Crippen LogP contribution < -0.4 is 4.74 Å². The van der Waals surface area contributed by atoms with Gasteiger partial charge in [0.15, 0.2) is 0 Å². The molecule has 140 valence electrons.